The number of alkyl halides is 1. The molecule has 0 aliphatic carbocycles. The minimum absolute atomic E-state index is 0.0637. The molecule has 3 heterocycles. The number of pyridine rings is 1. The summed E-state index contributed by atoms with van der Waals surface area (Å²) in [5, 5.41) is 6.15. The molecule has 0 saturated heterocycles. The molecule has 0 unspecified atom stereocenters. The number of anilines is 1. The number of carbonyl (C=O) groups excluding carboxylic acids is 1. The Balaban J connectivity index is 1.62. The topological polar surface area (TPSA) is 71.8 Å². The zero-order valence-electron chi connectivity index (χ0n) is 13.2. The van der Waals surface area contributed by atoms with Gasteiger partial charge in [0.05, 0.1) is 0 Å². The fourth-order valence-corrected chi connectivity index (χ4v) is 4.80. The van der Waals surface area contributed by atoms with E-state index in [1.165, 1.54) is 17.3 Å². The van der Waals surface area contributed by atoms with Crippen LogP contribution < -0.4 is 32.1 Å². The molecule has 7 heteroatoms. The monoisotopic (exact) mass is 426 g/mol. The van der Waals surface area contributed by atoms with Gasteiger partial charge in [0.25, 0.3) is 0 Å². The van der Waals surface area contributed by atoms with Gasteiger partial charge in [0.15, 0.2) is 0 Å². The van der Waals surface area contributed by atoms with Crippen molar-refractivity contribution >= 4 is 11.7 Å². The van der Waals surface area contributed by atoms with E-state index in [0.717, 1.165) is 30.8 Å². The van der Waals surface area contributed by atoms with Crippen LogP contribution >= 0.6 is 0 Å². The van der Waals surface area contributed by atoms with Crippen molar-refractivity contribution in [1.29, 1.82) is 0 Å². The Morgan fingerprint density at radius 2 is 2.39 bits per heavy atom. The number of halogens is 1. The van der Waals surface area contributed by atoms with Crippen LogP contribution in [0.15, 0.2) is 24.8 Å². The Morgan fingerprint density at radius 3 is 3.26 bits per heavy atom. The molecular formula is C16H21IN5O-. The number of hydrogen-bond donors (Lipinski definition) is 2. The predicted molar refractivity (Wildman–Crippen MR) is 85.0 cm³/mol. The van der Waals surface area contributed by atoms with Gasteiger partial charge in [-0.25, -0.2) is 0 Å². The molecule has 1 aliphatic heterocycles. The summed E-state index contributed by atoms with van der Waals surface area (Å²) in [5.41, 5.74) is 2.80. The van der Waals surface area contributed by atoms with Crippen LogP contribution in [0.2, 0.25) is 0 Å². The van der Waals surface area contributed by atoms with E-state index in [4.69, 9.17) is 0 Å². The van der Waals surface area contributed by atoms with Gasteiger partial charge in [-0.05, 0) is 0 Å². The zero-order valence-corrected chi connectivity index (χ0v) is 15.3. The molecule has 0 spiro atoms. The molecule has 0 saturated carbocycles. The average molecular weight is 426 g/mol. The van der Waals surface area contributed by atoms with Gasteiger partial charge >= 0.3 is 147 Å². The van der Waals surface area contributed by atoms with Crippen LogP contribution in [0, 0.1) is 0 Å². The first-order valence-electron chi connectivity index (χ1n) is 7.90. The molecule has 1 aliphatic rings. The van der Waals surface area contributed by atoms with Gasteiger partial charge in [0.1, 0.15) is 0 Å². The van der Waals surface area contributed by atoms with E-state index < -0.39 is 0 Å². The fraction of sp³-hybridized carbons (Fsp3) is 0.438. The van der Waals surface area contributed by atoms with Gasteiger partial charge in [-0.1, -0.05) is 0 Å². The molecule has 0 radical (unpaired) electrons. The fourth-order valence-electron chi connectivity index (χ4n) is 2.38. The number of unbranched alkanes of at least 4 members (excludes halogenated alkanes) is 1. The van der Waals surface area contributed by atoms with Crippen molar-refractivity contribution in [3.8, 4) is 0 Å². The summed E-state index contributed by atoms with van der Waals surface area (Å²) < 4.78 is 3.36. The second-order valence-corrected chi connectivity index (χ2v) is 8.35. The van der Waals surface area contributed by atoms with Crippen molar-refractivity contribution in [2.45, 2.75) is 32.7 Å². The number of aromatic nitrogens is 3. The summed E-state index contributed by atoms with van der Waals surface area (Å²) in [7, 11) is 0. The number of nitrogens with zero attached hydrogens (tertiary/aromatic N) is 3. The molecule has 0 aromatic carbocycles. The van der Waals surface area contributed by atoms with Crippen molar-refractivity contribution < 1.29 is 26.3 Å². The zero-order chi connectivity index (χ0) is 16.1. The molecule has 124 valence electrons. The molecule has 3 rings (SSSR count). The number of nitrogens with one attached hydrogen (secondary N) is 2. The second-order valence-electron chi connectivity index (χ2n) is 5.48. The molecule has 2 aromatic heterocycles. The van der Waals surface area contributed by atoms with E-state index in [9.17, 15) is 4.79 Å². The normalized spacial score (nSPS) is 13.8. The maximum atomic E-state index is 12.4. The number of amides is 1. The quantitative estimate of drug-likeness (QED) is 0.347. The summed E-state index contributed by atoms with van der Waals surface area (Å²) in [6, 6.07) is 1.95. The van der Waals surface area contributed by atoms with E-state index >= 15 is 0 Å². The van der Waals surface area contributed by atoms with Crippen molar-refractivity contribution in [3.05, 3.63) is 41.6 Å². The minimum atomic E-state index is -0.143. The van der Waals surface area contributed by atoms with E-state index in [1.807, 2.05) is 18.6 Å². The van der Waals surface area contributed by atoms with Crippen molar-refractivity contribution in [2.24, 2.45) is 0 Å². The van der Waals surface area contributed by atoms with Gasteiger partial charge in [0.2, 0.25) is 0 Å². The summed E-state index contributed by atoms with van der Waals surface area (Å²) in [4.78, 5) is 21.0. The molecule has 0 fully saturated rings. The standard InChI is InChI=1S/C16H21IN5O/c1-2-3-5-17-22-10-15(20-11-22)21-16(23)13-7-12-4-6-18-9-14(12)19-8-13/h7-8,10-11,18H,2-6,9H2,1H3,(H,21,23)/q-1. The molecule has 0 bridgehead atoms. The van der Waals surface area contributed by atoms with Gasteiger partial charge in [0, 0.05) is 0 Å². The Bertz CT molecular complexity index is 685. The number of hydrogen-bond acceptors (Lipinski definition) is 4. The SMILES string of the molecule is CCCC[I-]n1cnc(NC(=O)c2cnc3c(c2)CCNC3)c1. The number of fused-ring (bicyclic) bond motifs is 1. The molecular weight excluding hydrogens is 405 g/mol. The van der Waals surface area contributed by atoms with Crippen molar-refractivity contribution in [2.75, 3.05) is 16.3 Å². The first kappa shape index (κ1) is 16.4. The van der Waals surface area contributed by atoms with Crippen LogP contribution in [0.5, 0.6) is 0 Å². The van der Waals surface area contributed by atoms with Crippen molar-refractivity contribution in [1.82, 2.24) is 18.1 Å². The third-order valence-electron chi connectivity index (χ3n) is 3.69. The molecule has 2 N–H and O–H groups in total. The summed E-state index contributed by atoms with van der Waals surface area (Å²) in [5.74, 6) is 0.474. The predicted octanol–water partition coefficient (Wildman–Crippen LogP) is -1.17. The van der Waals surface area contributed by atoms with Gasteiger partial charge in [-0.2, -0.15) is 0 Å². The van der Waals surface area contributed by atoms with Crippen LogP contribution in [-0.4, -0.2) is 29.6 Å². The van der Waals surface area contributed by atoms with E-state index in [1.54, 1.807) is 6.20 Å². The first-order chi connectivity index (χ1) is 11.3. The molecule has 23 heavy (non-hydrogen) atoms. The van der Waals surface area contributed by atoms with Crippen molar-refractivity contribution in [3.63, 3.8) is 0 Å². The Morgan fingerprint density at radius 1 is 1.48 bits per heavy atom. The average Bonchev–Trinajstić information content (AvgIpc) is 3.02. The summed E-state index contributed by atoms with van der Waals surface area (Å²) in [6.07, 6.45) is 8.78. The third kappa shape index (κ3) is 4.29. The Labute approximate surface area is 146 Å². The first-order valence-corrected chi connectivity index (χ1v) is 10.4. The summed E-state index contributed by atoms with van der Waals surface area (Å²) in [6.45, 7) is 3.92. The van der Waals surface area contributed by atoms with Gasteiger partial charge in [-0.3, -0.25) is 0 Å². The summed E-state index contributed by atoms with van der Waals surface area (Å²) >= 11 is -0.0637. The molecule has 6 nitrogen and oxygen atoms in total. The Kier molecular flexibility index (Phi) is 5.60. The molecule has 2 aromatic rings. The Hall–Kier alpha value is -1.48. The molecule has 1 amide bonds. The number of carbonyl (C=O) groups is 1. The maximum absolute atomic E-state index is 12.4. The third-order valence-corrected chi connectivity index (χ3v) is 6.25. The molecule has 0 atom stereocenters. The second kappa shape index (κ2) is 7.87. The van der Waals surface area contributed by atoms with E-state index in [0.29, 0.717) is 11.4 Å². The van der Waals surface area contributed by atoms with E-state index in [-0.39, 0.29) is 27.4 Å². The van der Waals surface area contributed by atoms with Gasteiger partial charge < -0.3 is 0 Å². The van der Waals surface area contributed by atoms with E-state index in [2.05, 4.69) is 30.3 Å². The number of imidazole rings is 1. The van der Waals surface area contributed by atoms with Crippen LogP contribution in [0.4, 0.5) is 5.82 Å². The number of rotatable bonds is 6. The van der Waals surface area contributed by atoms with Crippen LogP contribution in [0.3, 0.4) is 0 Å². The van der Waals surface area contributed by atoms with Crippen LogP contribution in [0.1, 0.15) is 41.4 Å². The van der Waals surface area contributed by atoms with Crippen LogP contribution in [0.25, 0.3) is 0 Å². The van der Waals surface area contributed by atoms with Crippen LogP contribution in [-0.2, 0) is 13.0 Å². The van der Waals surface area contributed by atoms with Gasteiger partial charge in [-0.15, -0.1) is 0 Å².